The molecule has 0 unspecified atom stereocenters. The standard InChI is InChI=1S/C48H32N2OP/c51-52(35-29-25-33(26-30-35)37-13-1-7-19-43(37)49-45-21-9-3-15-39(45)40-16-4-10-22-46(40)49)36-31-27-34(28-32-36)38-14-2-8-20-44(38)50-47-23-11-5-17-41(47)42-18-6-12-24-48(42)50/h1-32H/q+1. The van der Waals surface area contributed by atoms with Crippen LogP contribution in [0.2, 0.25) is 0 Å². The molecule has 2 aromatic heterocycles. The van der Waals surface area contributed by atoms with Crippen molar-refractivity contribution in [1.29, 1.82) is 0 Å². The van der Waals surface area contributed by atoms with Crippen LogP contribution in [-0.4, -0.2) is 9.13 Å². The summed E-state index contributed by atoms with van der Waals surface area (Å²) in [6.45, 7) is 0. The van der Waals surface area contributed by atoms with Crippen LogP contribution in [-0.2, 0) is 4.57 Å². The number of hydrogen-bond acceptors (Lipinski definition) is 1. The van der Waals surface area contributed by atoms with E-state index in [1.54, 1.807) is 0 Å². The second kappa shape index (κ2) is 12.3. The molecule has 52 heavy (non-hydrogen) atoms. The van der Waals surface area contributed by atoms with Gasteiger partial charge in [-0.1, -0.05) is 114 Å². The van der Waals surface area contributed by atoms with Gasteiger partial charge in [0.2, 0.25) is 0 Å². The van der Waals surface area contributed by atoms with Gasteiger partial charge < -0.3 is 9.13 Å². The van der Waals surface area contributed by atoms with Crippen molar-refractivity contribution < 1.29 is 4.57 Å². The Morgan fingerprint density at radius 3 is 0.942 bits per heavy atom. The van der Waals surface area contributed by atoms with E-state index >= 15 is 0 Å². The van der Waals surface area contributed by atoms with E-state index in [2.05, 4.69) is 179 Å². The Hall–Kier alpha value is -6.54. The van der Waals surface area contributed by atoms with Gasteiger partial charge in [0.1, 0.15) is 0 Å². The fraction of sp³-hybridized carbons (Fsp3) is 0. The van der Waals surface area contributed by atoms with Crippen LogP contribution in [0.4, 0.5) is 0 Å². The van der Waals surface area contributed by atoms with Gasteiger partial charge in [-0.05, 0) is 96.1 Å². The smallest absolute Gasteiger partial charge is 0.309 e. The molecule has 0 aliphatic rings. The summed E-state index contributed by atoms with van der Waals surface area (Å²) >= 11 is 0. The summed E-state index contributed by atoms with van der Waals surface area (Å²) in [4.78, 5) is 0. The molecule has 0 spiro atoms. The van der Waals surface area contributed by atoms with E-state index in [1.165, 1.54) is 43.6 Å². The third-order valence-electron chi connectivity index (χ3n) is 10.3. The van der Waals surface area contributed by atoms with Gasteiger partial charge in [-0.2, -0.15) is 0 Å². The number of benzene rings is 8. The average molecular weight is 684 g/mol. The third-order valence-corrected chi connectivity index (χ3v) is 11.8. The first kappa shape index (κ1) is 30.3. The molecule has 0 aliphatic carbocycles. The van der Waals surface area contributed by atoms with Crippen molar-refractivity contribution in [2.45, 2.75) is 0 Å². The lowest BCUT2D eigenvalue weighted by Gasteiger charge is -2.14. The van der Waals surface area contributed by atoms with Gasteiger partial charge in [0.15, 0.2) is 10.6 Å². The topological polar surface area (TPSA) is 26.9 Å². The molecule has 0 saturated heterocycles. The summed E-state index contributed by atoms with van der Waals surface area (Å²) in [6, 6.07) is 67.9. The second-order valence-corrected chi connectivity index (χ2v) is 14.8. The van der Waals surface area contributed by atoms with Crippen molar-refractivity contribution in [2.75, 3.05) is 0 Å². The van der Waals surface area contributed by atoms with Crippen molar-refractivity contribution >= 4 is 62.0 Å². The first-order valence-electron chi connectivity index (χ1n) is 17.6. The molecule has 0 amide bonds. The highest BCUT2D eigenvalue weighted by Crippen LogP contribution is 2.38. The number of fused-ring (bicyclic) bond motifs is 6. The van der Waals surface area contributed by atoms with Gasteiger partial charge in [-0.3, -0.25) is 0 Å². The zero-order valence-corrected chi connectivity index (χ0v) is 29.1. The molecule has 0 atom stereocenters. The summed E-state index contributed by atoms with van der Waals surface area (Å²) in [5.41, 5.74) is 11.4. The first-order valence-corrected chi connectivity index (χ1v) is 18.8. The highest BCUT2D eigenvalue weighted by Gasteiger charge is 2.24. The molecule has 4 heteroatoms. The summed E-state index contributed by atoms with van der Waals surface area (Å²) in [6.07, 6.45) is 0. The monoisotopic (exact) mass is 683 g/mol. The highest BCUT2D eigenvalue weighted by atomic mass is 31.1. The molecule has 0 saturated carbocycles. The molecule has 244 valence electrons. The van der Waals surface area contributed by atoms with Gasteiger partial charge in [0.05, 0.1) is 33.4 Å². The lowest BCUT2D eigenvalue weighted by Crippen LogP contribution is -2.06. The van der Waals surface area contributed by atoms with E-state index in [0.29, 0.717) is 0 Å². The van der Waals surface area contributed by atoms with Crippen LogP contribution in [0.1, 0.15) is 0 Å². The van der Waals surface area contributed by atoms with Crippen molar-refractivity contribution in [3.05, 3.63) is 194 Å². The number of para-hydroxylation sites is 6. The van der Waals surface area contributed by atoms with Crippen LogP contribution in [0.15, 0.2) is 194 Å². The quantitative estimate of drug-likeness (QED) is 0.160. The van der Waals surface area contributed by atoms with Crippen LogP contribution >= 0.6 is 7.80 Å². The van der Waals surface area contributed by atoms with Crippen LogP contribution in [0.5, 0.6) is 0 Å². The minimum atomic E-state index is -1.78. The molecule has 0 aliphatic heterocycles. The first-order chi connectivity index (χ1) is 25.7. The average Bonchev–Trinajstić information content (AvgIpc) is 3.74. The van der Waals surface area contributed by atoms with E-state index in [1.807, 2.05) is 24.3 Å². The largest absolute Gasteiger partial charge is 0.415 e. The van der Waals surface area contributed by atoms with Gasteiger partial charge in [0, 0.05) is 32.7 Å². The summed E-state index contributed by atoms with van der Waals surface area (Å²) < 4.78 is 18.7. The van der Waals surface area contributed by atoms with E-state index in [0.717, 1.165) is 44.2 Å². The maximum atomic E-state index is 14.0. The molecule has 0 radical (unpaired) electrons. The molecule has 0 N–H and O–H groups in total. The van der Waals surface area contributed by atoms with Gasteiger partial charge >= 0.3 is 7.80 Å². The predicted molar refractivity (Wildman–Crippen MR) is 219 cm³/mol. The normalized spacial score (nSPS) is 11.5. The molecule has 10 rings (SSSR count). The maximum Gasteiger partial charge on any atom is 0.415 e. The number of aromatic nitrogens is 2. The molecule has 3 nitrogen and oxygen atoms in total. The Morgan fingerprint density at radius 1 is 0.308 bits per heavy atom. The van der Waals surface area contributed by atoms with E-state index in [-0.39, 0.29) is 0 Å². The zero-order valence-electron chi connectivity index (χ0n) is 28.2. The van der Waals surface area contributed by atoms with E-state index in [4.69, 9.17) is 0 Å². The summed E-state index contributed by atoms with van der Waals surface area (Å²) in [5, 5.41) is 6.57. The van der Waals surface area contributed by atoms with Crippen LogP contribution in [0.3, 0.4) is 0 Å². The van der Waals surface area contributed by atoms with Crippen molar-refractivity contribution in [3.63, 3.8) is 0 Å². The SMILES string of the molecule is O=[P+](c1ccc(-c2ccccc2-n2c3ccccc3c3ccccc32)cc1)c1ccc(-c2ccccc2-n2c3ccccc3c3ccccc32)cc1. The Kier molecular flexibility index (Phi) is 7.20. The summed E-state index contributed by atoms with van der Waals surface area (Å²) in [5.74, 6) is 0. The predicted octanol–water partition coefficient (Wildman–Crippen LogP) is 12.0. The number of rotatable bonds is 6. The Labute approximate surface area is 302 Å². The molecular formula is C48H32N2OP+. The van der Waals surface area contributed by atoms with Crippen LogP contribution in [0.25, 0.3) is 77.2 Å². The minimum Gasteiger partial charge on any atom is -0.309 e. The fourth-order valence-corrected chi connectivity index (χ4v) is 9.03. The van der Waals surface area contributed by atoms with E-state index < -0.39 is 7.80 Å². The Morgan fingerprint density at radius 2 is 0.596 bits per heavy atom. The summed E-state index contributed by atoms with van der Waals surface area (Å²) in [7, 11) is -1.78. The maximum absolute atomic E-state index is 14.0. The molecule has 0 bridgehead atoms. The van der Waals surface area contributed by atoms with Gasteiger partial charge in [-0.15, -0.1) is 0 Å². The van der Waals surface area contributed by atoms with E-state index in [9.17, 15) is 4.57 Å². The van der Waals surface area contributed by atoms with Gasteiger partial charge in [-0.25, -0.2) is 0 Å². The molecule has 0 fully saturated rings. The van der Waals surface area contributed by atoms with Crippen LogP contribution < -0.4 is 10.6 Å². The Balaban J connectivity index is 0.979. The Bertz CT molecular complexity index is 2660. The lowest BCUT2D eigenvalue weighted by atomic mass is 10.0. The number of nitrogens with zero attached hydrogens (tertiary/aromatic N) is 2. The van der Waals surface area contributed by atoms with Crippen molar-refractivity contribution in [1.82, 2.24) is 9.13 Å². The molecular weight excluding hydrogens is 652 g/mol. The highest BCUT2D eigenvalue weighted by molar-refractivity contribution is 7.61. The molecule has 2 heterocycles. The lowest BCUT2D eigenvalue weighted by molar-refractivity contribution is 0.598. The van der Waals surface area contributed by atoms with Gasteiger partial charge in [0.25, 0.3) is 0 Å². The van der Waals surface area contributed by atoms with Crippen molar-refractivity contribution in [2.24, 2.45) is 0 Å². The van der Waals surface area contributed by atoms with Crippen LogP contribution in [0, 0.1) is 0 Å². The second-order valence-electron chi connectivity index (χ2n) is 13.2. The van der Waals surface area contributed by atoms with Crippen molar-refractivity contribution in [3.8, 4) is 33.6 Å². The third kappa shape index (κ3) is 4.82. The number of hydrogen-bond donors (Lipinski definition) is 0. The molecule has 8 aromatic carbocycles. The fourth-order valence-electron chi connectivity index (χ4n) is 7.89. The molecule has 10 aromatic rings. The zero-order chi connectivity index (χ0) is 34.6. The minimum absolute atomic E-state index is 0.812.